The second-order valence-electron chi connectivity index (χ2n) is 4.68. The molecule has 1 amide bonds. The number of hydroxylamine groups is 2. The monoisotopic (exact) mass is 262 g/mol. The van der Waals surface area contributed by atoms with Gasteiger partial charge in [-0.05, 0) is 37.0 Å². The molecule has 1 aliphatic heterocycles. The van der Waals surface area contributed by atoms with Gasteiger partial charge in [-0.15, -0.1) is 0 Å². The van der Waals surface area contributed by atoms with Crippen LogP contribution in [0, 0.1) is 5.92 Å². The summed E-state index contributed by atoms with van der Waals surface area (Å²) in [4.78, 5) is 32.8. The van der Waals surface area contributed by atoms with Gasteiger partial charge in [0.25, 0.3) is 5.91 Å². The lowest BCUT2D eigenvalue weighted by Crippen LogP contribution is -2.42. The zero-order chi connectivity index (χ0) is 13.7. The van der Waals surface area contributed by atoms with E-state index in [4.69, 9.17) is 4.84 Å². The quantitative estimate of drug-likeness (QED) is 0.829. The molecule has 5 heteroatoms. The number of hydrogen-bond donors (Lipinski definition) is 0. The van der Waals surface area contributed by atoms with E-state index < -0.39 is 5.97 Å². The Morgan fingerprint density at radius 3 is 2.89 bits per heavy atom. The number of hydrogen-bond acceptors (Lipinski definition) is 4. The maximum Gasteiger partial charge on any atom is 0.336 e. The maximum atomic E-state index is 12.0. The molecule has 0 bridgehead atoms. The fraction of sp³-hybridized carbons (Fsp3) is 0.500. The number of carbonyl (C=O) groups excluding carboxylic acids is 2. The van der Waals surface area contributed by atoms with Gasteiger partial charge in [0.15, 0.2) is 0 Å². The molecule has 0 aliphatic carbocycles. The zero-order valence-corrected chi connectivity index (χ0v) is 11.0. The van der Waals surface area contributed by atoms with E-state index in [2.05, 4.69) is 4.98 Å². The van der Waals surface area contributed by atoms with E-state index in [1.54, 1.807) is 24.5 Å². The average Bonchev–Trinajstić information content (AvgIpc) is 2.42. The van der Waals surface area contributed by atoms with E-state index in [-0.39, 0.29) is 18.2 Å². The van der Waals surface area contributed by atoms with E-state index in [1.165, 1.54) is 5.06 Å². The minimum atomic E-state index is -0.406. The van der Waals surface area contributed by atoms with Crippen LogP contribution in [-0.4, -0.2) is 28.5 Å². The molecule has 2 rings (SSSR count). The number of piperidine rings is 1. The molecular weight excluding hydrogens is 244 g/mol. The van der Waals surface area contributed by atoms with Crippen LogP contribution in [-0.2, 0) is 20.8 Å². The van der Waals surface area contributed by atoms with Gasteiger partial charge in [0.2, 0.25) is 0 Å². The third-order valence-electron chi connectivity index (χ3n) is 3.31. The first-order chi connectivity index (χ1) is 9.20. The van der Waals surface area contributed by atoms with Crippen LogP contribution in [0.25, 0.3) is 0 Å². The van der Waals surface area contributed by atoms with Gasteiger partial charge < -0.3 is 4.84 Å². The molecule has 1 aromatic rings. The summed E-state index contributed by atoms with van der Waals surface area (Å²) >= 11 is 0. The molecule has 1 atom stereocenters. The molecule has 0 radical (unpaired) electrons. The second kappa shape index (κ2) is 6.31. The van der Waals surface area contributed by atoms with Gasteiger partial charge in [0.1, 0.15) is 0 Å². The Bertz CT molecular complexity index is 447. The van der Waals surface area contributed by atoms with Crippen LogP contribution in [0.5, 0.6) is 0 Å². The Labute approximate surface area is 112 Å². The third kappa shape index (κ3) is 3.53. The van der Waals surface area contributed by atoms with E-state index in [9.17, 15) is 9.59 Å². The highest BCUT2D eigenvalue weighted by atomic mass is 16.7. The normalized spacial score (nSPS) is 19.3. The predicted molar refractivity (Wildman–Crippen MR) is 68.8 cm³/mol. The summed E-state index contributed by atoms with van der Waals surface area (Å²) in [7, 11) is 0. The number of pyridine rings is 1. The van der Waals surface area contributed by atoms with Crippen molar-refractivity contribution in [3.05, 3.63) is 30.1 Å². The number of rotatable bonds is 4. The lowest BCUT2D eigenvalue weighted by molar-refractivity contribution is -0.204. The topological polar surface area (TPSA) is 59.5 Å². The highest BCUT2D eigenvalue weighted by molar-refractivity contribution is 5.81. The first kappa shape index (κ1) is 13.5. The molecule has 1 aromatic heterocycles. The Morgan fingerprint density at radius 2 is 2.21 bits per heavy atom. The van der Waals surface area contributed by atoms with Crippen molar-refractivity contribution in [2.75, 3.05) is 6.54 Å². The van der Waals surface area contributed by atoms with Crippen LogP contribution in [0.15, 0.2) is 24.5 Å². The summed E-state index contributed by atoms with van der Waals surface area (Å²) in [5, 5.41) is 1.22. The average molecular weight is 262 g/mol. The van der Waals surface area contributed by atoms with Crippen molar-refractivity contribution >= 4 is 11.9 Å². The van der Waals surface area contributed by atoms with Crippen molar-refractivity contribution in [1.29, 1.82) is 0 Å². The zero-order valence-electron chi connectivity index (χ0n) is 11.0. The lowest BCUT2D eigenvalue weighted by atomic mass is 9.96. The predicted octanol–water partition coefficient (Wildman–Crippen LogP) is 1.73. The Morgan fingerprint density at radius 1 is 1.47 bits per heavy atom. The van der Waals surface area contributed by atoms with Gasteiger partial charge in [-0.25, -0.2) is 4.79 Å². The van der Waals surface area contributed by atoms with Gasteiger partial charge in [-0.1, -0.05) is 6.92 Å². The molecule has 102 valence electrons. The van der Waals surface area contributed by atoms with Gasteiger partial charge >= 0.3 is 5.97 Å². The van der Waals surface area contributed by atoms with E-state index in [0.717, 1.165) is 24.8 Å². The van der Waals surface area contributed by atoms with Gasteiger partial charge in [-0.3, -0.25) is 9.78 Å². The first-order valence-electron chi connectivity index (χ1n) is 6.61. The van der Waals surface area contributed by atoms with E-state index >= 15 is 0 Å². The molecule has 1 saturated heterocycles. The molecule has 0 N–H and O–H groups in total. The molecule has 1 aliphatic rings. The van der Waals surface area contributed by atoms with Crippen LogP contribution < -0.4 is 0 Å². The molecule has 19 heavy (non-hydrogen) atoms. The Hall–Kier alpha value is -1.91. The molecule has 0 spiro atoms. The summed E-state index contributed by atoms with van der Waals surface area (Å²) in [6, 6.07) is 3.52. The largest absolute Gasteiger partial charge is 0.338 e. The molecular formula is C14H18N2O3. The minimum Gasteiger partial charge on any atom is -0.338 e. The van der Waals surface area contributed by atoms with Crippen molar-refractivity contribution in [2.45, 2.75) is 32.6 Å². The fourth-order valence-electron chi connectivity index (χ4n) is 2.21. The SMILES string of the molecule is CCC1CCCN(OC(=O)Cc2ccncc2)C1=O. The minimum absolute atomic E-state index is 0.0116. The Balaban J connectivity index is 1.90. The molecule has 0 saturated carbocycles. The first-order valence-corrected chi connectivity index (χ1v) is 6.61. The molecule has 1 unspecified atom stereocenters. The summed E-state index contributed by atoms with van der Waals surface area (Å²) in [5.74, 6) is -0.490. The molecule has 2 heterocycles. The van der Waals surface area contributed by atoms with Gasteiger partial charge in [0, 0.05) is 18.3 Å². The van der Waals surface area contributed by atoms with Crippen LogP contribution in [0.1, 0.15) is 31.7 Å². The van der Waals surface area contributed by atoms with E-state index in [1.807, 2.05) is 6.92 Å². The number of amides is 1. The van der Waals surface area contributed by atoms with Crippen molar-refractivity contribution < 1.29 is 14.4 Å². The van der Waals surface area contributed by atoms with Crippen molar-refractivity contribution in [3.63, 3.8) is 0 Å². The van der Waals surface area contributed by atoms with Gasteiger partial charge in [-0.2, -0.15) is 5.06 Å². The van der Waals surface area contributed by atoms with Gasteiger partial charge in [0.05, 0.1) is 13.0 Å². The standard InChI is InChI=1S/C14H18N2O3/c1-2-12-4-3-9-16(14(12)18)19-13(17)10-11-5-7-15-8-6-11/h5-8,12H,2-4,9-10H2,1H3. The van der Waals surface area contributed by atoms with Crippen LogP contribution in [0.4, 0.5) is 0 Å². The molecule has 1 fully saturated rings. The lowest BCUT2D eigenvalue weighted by Gasteiger charge is -2.29. The van der Waals surface area contributed by atoms with Crippen LogP contribution in [0.2, 0.25) is 0 Å². The summed E-state index contributed by atoms with van der Waals surface area (Å²) in [6.45, 7) is 2.47. The summed E-state index contributed by atoms with van der Waals surface area (Å²) < 4.78 is 0. The molecule has 0 aromatic carbocycles. The highest BCUT2D eigenvalue weighted by Gasteiger charge is 2.29. The van der Waals surface area contributed by atoms with E-state index in [0.29, 0.717) is 6.54 Å². The smallest absolute Gasteiger partial charge is 0.336 e. The number of aromatic nitrogens is 1. The fourth-order valence-corrected chi connectivity index (χ4v) is 2.21. The summed E-state index contributed by atoms with van der Waals surface area (Å²) in [6.07, 6.45) is 5.96. The number of nitrogens with zero attached hydrogens (tertiary/aromatic N) is 2. The summed E-state index contributed by atoms with van der Waals surface area (Å²) in [5.41, 5.74) is 0.830. The maximum absolute atomic E-state index is 12.0. The Kier molecular flexibility index (Phi) is 4.49. The third-order valence-corrected chi connectivity index (χ3v) is 3.31. The second-order valence-corrected chi connectivity index (χ2v) is 4.68. The highest BCUT2D eigenvalue weighted by Crippen LogP contribution is 2.21. The number of carbonyl (C=O) groups is 2. The van der Waals surface area contributed by atoms with Crippen LogP contribution in [0.3, 0.4) is 0 Å². The molecule has 5 nitrogen and oxygen atoms in total. The van der Waals surface area contributed by atoms with Crippen molar-refractivity contribution in [3.8, 4) is 0 Å². The van der Waals surface area contributed by atoms with Crippen LogP contribution >= 0.6 is 0 Å². The van der Waals surface area contributed by atoms with Crippen molar-refractivity contribution in [2.24, 2.45) is 5.92 Å². The van der Waals surface area contributed by atoms with Crippen molar-refractivity contribution in [1.82, 2.24) is 10.0 Å².